The number of ether oxygens (including phenoxy) is 1. The van der Waals surface area contributed by atoms with Crippen molar-refractivity contribution >= 4 is 5.91 Å². The van der Waals surface area contributed by atoms with Crippen LogP contribution in [0.3, 0.4) is 0 Å². The number of hydrogen-bond donors (Lipinski definition) is 1. The summed E-state index contributed by atoms with van der Waals surface area (Å²) in [6, 6.07) is 7.88. The van der Waals surface area contributed by atoms with Gasteiger partial charge in [0.2, 0.25) is 5.91 Å². The van der Waals surface area contributed by atoms with Crippen molar-refractivity contribution < 1.29 is 14.6 Å². The van der Waals surface area contributed by atoms with Crippen molar-refractivity contribution in [2.75, 3.05) is 13.2 Å². The van der Waals surface area contributed by atoms with Gasteiger partial charge in [-0.25, -0.2) is 0 Å². The topological polar surface area (TPSA) is 49.8 Å². The summed E-state index contributed by atoms with van der Waals surface area (Å²) in [6.45, 7) is 4.81. The smallest absolute Gasteiger partial charge is 0.219 e. The van der Waals surface area contributed by atoms with Gasteiger partial charge in [0.05, 0.1) is 18.2 Å². The molecule has 23 heavy (non-hydrogen) atoms. The van der Waals surface area contributed by atoms with E-state index in [2.05, 4.69) is 0 Å². The van der Waals surface area contributed by atoms with E-state index in [9.17, 15) is 9.90 Å². The van der Waals surface area contributed by atoms with Gasteiger partial charge in [0.25, 0.3) is 0 Å². The molecule has 1 aromatic rings. The van der Waals surface area contributed by atoms with Gasteiger partial charge in [-0.15, -0.1) is 0 Å². The molecule has 0 bridgehead atoms. The minimum absolute atomic E-state index is 0.0777. The minimum Gasteiger partial charge on any atom is -0.494 e. The molecule has 126 valence electrons. The Morgan fingerprint density at radius 2 is 2.13 bits per heavy atom. The lowest BCUT2D eigenvalue weighted by Crippen LogP contribution is -2.55. The van der Waals surface area contributed by atoms with E-state index < -0.39 is 5.60 Å². The fourth-order valence-electron chi connectivity index (χ4n) is 4.43. The normalized spacial score (nSPS) is 30.7. The highest BCUT2D eigenvalue weighted by Gasteiger charge is 2.50. The van der Waals surface area contributed by atoms with Crippen molar-refractivity contribution in [2.24, 2.45) is 5.92 Å². The Morgan fingerprint density at radius 1 is 1.35 bits per heavy atom. The predicted molar refractivity (Wildman–Crippen MR) is 89.3 cm³/mol. The number of amides is 1. The van der Waals surface area contributed by atoms with Crippen LogP contribution in [-0.2, 0) is 4.79 Å². The van der Waals surface area contributed by atoms with Crippen LogP contribution in [0.15, 0.2) is 24.3 Å². The van der Waals surface area contributed by atoms with E-state index in [1.807, 2.05) is 36.1 Å². The Morgan fingerprint density at radius 3 is 2.87 bits per heavy atom. The molecule has 1 N–H and O–H groups in total. The molecule has 1 amide bonds. The number of piperidine rings is 1. The van der Waals surface area contributed by atoms with Gasteiger partial charge in [0.15, 0.2) is 0 Å². The number of para-hydroxylation sites is 1. The zero-order chi connectivity index (χ0) is 16.4. The number of nitrogens with zero attached hydrogens (tertiary/aromatic N) is 1. The molecule has 1 saturated heterocycles. The lowest BCUT2D eigenvalue weighted by molar-refractivity contribution is -0.153. The predicted octanol–water partition coefficient (Wildman–Crippen LogP) is 3.30. The summed E-state index contributed by atoms with van der Waals surface area (Å²) >= 11 is 0. The second kappa shape index (κ2) is 6.52. The van der Waals surface area contributed by atoms with Crippen LogP contribution >= 0.6 is 0 Å². The number of benzene rings is 1. The summed E-state index contributed by atoms with van der Waals surface area (Å²) in [4.78, 5) is 14.2. The van der Waals surface area contributed by atoms with E-state index in [0.717, 1.165) is 37.0 Å². The molecule has 0 unspecified atom stereocenters. The summed E-state index contributed by atoms with van der Waals surface area (Å²) in [5.74, 6) is 1.01. The highest BCUT2D eigenvalue weighted by atomic mass is 16.5. The Bertz CT molecular complexity index is 573. The molecular weight excluding hydrogens is 290 g/mol. The fraction of sp³-hybridized carbons (Fsp3) is 0.632. The van der Waals surface area contributed by atoms with E-state index >= 15 is 0 Å². The molecule has 1 aromatic carbocycles. The molecular formula is C19H27NO3. The van der Waals surface area contributed by atoms with E-state index in [-0.39, 0.29) is 17.9 Å². The van der Waals surface area contributed by atoms with Crippen LogP contribution in [-0.4, -0.2) is 34.7 Å². The summed E-state index contributed by atoms with van der Waals surface area (Å²) in [5.41, 5.74) is 0.392. The molecule has 4 heteroatoms. The summed E-state index contributed by atoms with van der Waals surface area (Å²) in [5, 5.41) is 11.2. The molecule has 1 aliphatic carbocycles. The molecule has 3 rings (SSSR count). The number of likely N-dealkylation sites (tertiary alicyclic amines) is 1. The molecule has 0 radical (unpaired) electrons. The average Bonchev–Trinajstić information content (AvgIpc) is 2.54. The van der Waals surface area contributed by atoms with Crippen LogP contribution in [0.2, 0.25) is 0 Å². The van der Waals surface area contributed by atoms with E-state index in [0.29, 0.717) is 19.6 Å². The van der Waals surface area contributed by atoms with Gasteiger partial charge in [-0.05, 0) is 32.3 Å². The average molecular weight is 317 g/mol. The number of hydrogen-bond acceptors (Lipinski definition) is 3. The first-order chi connectivity index (χ1) is 11.1. The number of carbonyl (C=O) groups is 1. The van der Waals surface area contributed by atoms with Gasteiger partial charge >= 0.3 is 0 Å². The highest BCUT2D eigenvalue weighted by molar-refractivity contribution is 5.74. The molecule has 1 aliphatic heterocycles. The number of fused-ring (bicyclic) bond motifs is 1. The Kier molecular flexibility index (Phi) is 4.62. The Hall–Kier alpha value is -1.55. The first-order valence-electron chi connectivity index (χ1n) is 8.78. The van der Waals surface area contributed by atoms with Gasteiger partial charge in [-0.3, -0.25) is 4.79 Å². The Labute approximate surface area is 138 Å². The van der Waals surface area contributed by atoms with E-state index in [4.69, 9.17) is 4.74 Å². The van der Waals surface area contributed by atoms with Gasteiger partial charge in [-0.2, -0.15) is 0 Å². The second-order valence-corrected chi connectivity index (χ2v) is 6.83. The van der Waals surface area contributed by atoms with Crippen LogP contribution in [0, 0.1) is 5.92 Å². The van der Waals surface area contributed by atoms with Gasteiger partial charge in [0, 0.05) is 24.9 Å². The van der Waals surface area contributed by atoms with Crippen molar-refractivity contribution in [1.82, 2.24) is 4.90 Å². The Balaban J connectivity index is 2.05. The maximum atomic E-state index is 12.2. The minimum atomic E-state index is -0.645. The van der Waals surface area contributed by atoms with Crippen molar-refractivity contribution in [3.8, 4) is 5.75 Å². The highest BCUT2D eigenvalue weighted by Crippen LogP contribution is 2.50. The van der Waals surface area contributed by atoms with Gasteiger partial charge in [-0.1, -0.05) is 31.0 Å². The lowest BCUT2D eigenvalue weighted by Gasteiger charge is -2.52. The summed E-state index contributed by atoms with van der Waals surface area (Å²) in [7, 11) is 0. The van der Waals surface area contributed by atoms with Crippen LogP contribution in [0.25, 0.3) is 0 Å². The first-order valence-corrected chi connectivity index (χ1v) is 8.78. The monoisotopic (exact) mass is 317 g/mol. The fourth-order valence-corrected chi connectivity index (χ4v) is 4.43. The standard InChI is InChI=1S/C19H27NO3/c1-3-23-17-10-5-4-8-15(17)18-16-9-6-7-11-19(16,22)12-13-20(18)14(2)21/h4-5,8,10,16,18,22H,3,6-7,9,11-13H2,1-2H3/t16-,18-,19+/m0/s1. The largest absolute Gasteiger partial charge is 0.494 e. The molecule has 1 saturated carbocycles. The van der Waals surface area contributed by atoms with Gasteiger partial charge in [0.1, 0.15) is 5.75 Å². The number of carbonyl (C=O) groups excluding carboxylic acids is 1. The third-order valence-electron chi connectivity index (χ3n) is 5.51. The van der Waals surface area contributed by atoms with Crippen molar-refractivity contribution in [2.45, 2.75) is 57.6 Å². The lowest BCUT2D eigenvalue weighted by atomic mass is 9.66. The first kappa shape index (κ1) is 16.3. The molecule has 0 aromatic heterocycles. The summed E-state index contributed by atoms with van der Waals surface area (Å²) in [6.07, 6.45) is 4.69. The maximum Gasteiger partial charge on any atom is 0.219 e. The molecule has 4 nitrogen and oxygen atoms in total. The van der Waals surface area contributed by atoms with Crippen LogP contribution in [0.1, 0.15) is 57.6 Å². The number of aliphatic hydroxyl groups is 1. The third-order valence-corrected chi connectivity index (χ3v) is 5.51. The quantitative estimate of drug-likeness (QED) is 0.930. The van der Waals surface area contributed by atoms with Crippen molar-refractivity contribution in [3.63, 3.8) is 0 Å². The molecule has 3 atom stereocenters. The van der Waals surface area contributed by atoms with E-state index in [1.165, 1.54) is 0 Å². The third kappa shape index (κ3) is 2.97. The molecule has 1 heterocycles. The van der Waals surface area contributed by atoms with E-state index in [1.54, 1.807) is 6.92 Å². The van der Waals surface area contributed by atoms with Crippen molar-refractivity contribution in [3.05, 3.63) is 29.8 Å². The van der Waals surface area contributed by atoms with Crippen LogP contribution in [0.5, 0.6) is 5.75 Å². The molecule has 2 aliphatic rings. The zero-order valence-corrected chi connectivity index (χ0v) is 14.1. The van der Waals surface area contributed by atoms with Crippen LogP contribution < -0.4 is 4.74 Å². The second-order valence-electron chi connectivity index (χ2n) is 6.83. The number of rotatable bonds is 3. The van der Waals surface area contributed by atoms with Crippen LogP contribution in [0.4, 0.5) is 0 Å². The molecule has 0 spiro atoms. The molecule has 2 fully saturated rings. The maximum absolute atomic E-state index is 12.2. The van der Waals surface area contributed by atoms with Crippen molar-refractivity contribution in [1.29, 1.82) is 0 Å². The van der Waals surface area contributed by atoms with Gasteiger partial charge < -0.3 is 14.7 Å². The SMILES string of the molecule is CCOc1ccccc1[C@H]1[C@@H]2CCCC[C@@]2(O)CCN1C(C)=O. The summed E-state index contributed by atoms with van der Waals surface area (Å²) < 4.78 is 5.81. The zero-order valence-electron chi connectivity index (χ0n) is 14.1.